The molecule has 0 radical (unpaired) electrons. The van der Waals surface area contributed by atoms with Crippen LogP contribution in [-0.2, 0) is 27.1 Å². The van der Waals surface area contributed by atoms with E-state index >= 15 is 0 Å². The van der Waals surface area contributed by atoms with Gasteiger partial charge < -0.3 is 24.8 Å². The summed E-state index contributed by atoms with van der Waals surface area (Å²) in [6.45, 7) is 0. The predicted molar refractivity (Wildman–Crippen MR) is 126 cm³/mol. The van der Waals surface area contributed by atoms with Crippen molar-refractivity contribution in [3.05, 3.63) is 45.3 Å². The first-order chi connectivity index (χ1) is 15.4. The number of fused-ring (bicyclic) bond motifs is 1. The molecular formula is C22H24N2O6S2. The van der Waals surface area contributed by atoms with Crippen LogP contribution in [-0.4, -0.2) is 44.3 Å². The number of methoxy groups -OCH3 is 3. The summed E-state index contributed by atoms with van der Waals surface area (Å²) in [7, 11) is 3.88. The van der Waals surface area contributed by atoms with Gasteiger partial charge in [-0.25, -0.2) is 14.4 Å². The molecule has 32 heavy (non-hydrogen) atoms. The van der Waals surface area contributed by atoms with Crippen LogP contribution < -0.4 is 10.6 Å². The maximum absolute atomic E-state index is 12.5. The third-order valence-corrected chi connectivity index (χ3v) is 6.54. The number of benzene rings is 1. The number of thiophene rings is 1. The summed E-state index contributed by atoms with van der Waals surface area (Å²) in [5.74, 6) is -1.57. The lowest BCUT2D eigenvalue weighted by Gasteiger charge is -2.14. The van der Waals surface area contributed by atoms with E-state index in [-0.39, 0.29) is 21.9 Å². The zero-order chi connectivity index (χ0) is 23.3. The molecule has 0 saturated carbocycles. The third-order valence-electron chi connectivity index (χ3n) is 5.13. The lowest BCUT2D eigenvalue weighted by atomic mass is 10.1. The highest BCUT2D eigenvalue weighted by Gasteiger charge is 2.26. The van der Waals surface area contributed by atoms with E-state index in [2.05, 4.69) is 10.6 Å². The van der Waals surface area contributed by atoms with Crippen molar-refractivity contribution in [3.8, 4) is 0 Å². The number of thiocarbonyl (C=S) groups is 1. The fourth-order valence-electron chi connectivity index (χ4n) is 3.59. The van der Waals surface area contributed by atoms with Gasteiger partial charge in [0.15, 0.2) is 5.11 Å². The smallest absolute Gasteiger partial charge is 0.341 e. The molecule has 2 aromatic rings. The van der Waals surface area contributed by atoms with Crippen molar-refractivity contribution in [2.75, 3.05) is 32.0 Å². The van der Waals surface area contributed by atoms with Crippen molar-refractivity contribution >= 4 is 57.3 Å². The number of aryl methyl sites for hydroxylation is 1. The Balaban J connectivity index is 1.91. The molecule has 0 aliphatic heterocycles. The van der Waals surface area contributed by atoms with Gasteiger partial charge >= 0.3 is 17.9 Å². The molecule has 0 unspecified atom stereocenters. The molecule has 1 aromatic carbocycles. The number of ether oxygens (including phenoxy) is 3. The summed E-state index contributed by atoms with van der Waals surface area (Å²) in [4.78, 5) is 37.8. The van der Waals surface area contributed by atoms with E-state index in [9.17, 15) is 14.4 Å². The minimum absolute atomic E-state index is 0.152. The Bertz CT molecular complexity index is 1060. The second kappa shape index (κ2) is 10.6. The fraction of sp³-hybridized carbons (Fsp3) is 0.364. The van der Waals surface area contributed by atoms with Crippen molar-refractivity contribution in [1.29, 1.82) is 0 Å². The summed E-state index contributed by atoms with van der Waals surface area (Å²) >= 11 is 6.93. The van der Waals surface area contributed by atoms with Crippen LogP contribution in [0.15, 0.2) is 18.2 Å². The summed E-state index contributed by atoms with van der Waals surface area (Å²) in [6.07, 6.45) is 4.92. The van der Waals surface area contributed by atoms with Crippen LogP contribution in [0.1, 0.15) is 60.8 Å². The number of hydrogen-bond acceptors (Lipinski definition) is 8. The molecule has 0 saturated heterocycles. The SMILES string of the molecule is COC(=O)c1ccc(C(=O)OC)c(NC(=S)Nc2sc3c(c2C(=O)OC)CCCCC3)c1. The van der Waals surface area contributed by atoms with Crippen LogP contribution in [0.5, 0.6) is 0 Å². The van der Waals surface area contributed by atoms with E-state index in [1.165, 1.54) is 50.9 Å². The van der Waals surface area contributed by atoms with Crippen LogP contribution in [0.4, 0.5) is 10.7 Å². The van der Waals surface area contributed by atoms with Gasteiger partial charge in [-0.3, -0.25) is 0 Å². The lowest BCUT2D eigenvalue weighted by molar-refractivity contribution is 0.0587. The van der Waals surface area contributed by atoms with Gasteiger partial charge in [-0.05, 0) is 61.7 Å². The summed E-state index contributed by atoms with van der Waals surface area (Å²) in [5, 5.41) is 6.74. The van der Waals surface area contributed by atoms with E-state index in [0.717, 1.165) is 42.5 Å². The quantitative estimate of drug-likeness (QED) is 0.285. The van der Waals surface area contributed by atoms with Crippen molar-refractivity contribution < 1.29 is 28.6 Å². The number of nitrogens with one attached hydrogen (secondary N) is 2. The van der Waals surface area contributed by atoms with Gasteiger partial charge in [-0.1, -0.05) is 6.42 Å². The van der Waals surface area contributed by atoms with E-state index in [4.69, 9.17) is 26.4 Å². The molecule has 1 aromatic heterocycles. The molecule has 10 heteroatoms. The Hall–Kier alpha value is -2.98. The molecule has 0 atom stereocenters. The van der Waals surface area contributed by atoms with Crippen LogP contribution in [0.25, 0.3) is 0 Å². The minimum atomic E-state index is -0.593. The fourth-order valence-corrected chi connectivity index (χ4v) is 5.14. The number of esters is 3. The lowest BCUT2D eigenvalue weighted by Crippen LogP contribution is -2.22. The Morgan fingerprint density at radius 3 is 2.28 bits per heavy atom. The van der Waals surface area contributed by atoms with Crippen molar-refractivity contribution in [2.24, 2.45) is 0 Å². The molecule has 2 N–H and O–H groups in total. The molecule has 3 rings (SSSR count). The number of carbonyl (C=O) groups is 3. The first kappa shape index (κ1) is 23.7. The Labute approximate surface area is 195 Å². The highest BCUT2D eigenvalue weighted by Crippen LogP contribution is 2.38. The molecule has 0 bridgehead atoms. The predicted octanol–water partition coefficient (Wildman–Crippen LogP) is 4.19. The average Bonchev–Trinajstić information content (AvgIpc) is 2.97. The van der Waals surface area contributed by atoms with Crippen molar-refractivity contribution in [1.82, 2.24) is 0 Å². The zero-order valence-corrected chi connectivity index (χ0v) is 19.7. The maximum atomic E-state index is 12.5. The van der Waals surface area contributed by atoms with Crippen molar-refractivity contribution in [2.45, 2.75) is 32.1 Å². The van der Waals surface area contributed by atoms with Crippen molar-refractivity contribution in [3.63, 3.8) is 0 Å². The molecule has 1 aliphatic rings. The molecule has 1 heterocycles. The van der Waals surface area contributed by atoms with Gasteiger partial charge in [-0.2, -0.15) is 0 Å². The van der Waals surface area contributed by atoms with E-state index in [1.54, 1.807) is 0 Å². The average molecular weight is 477 g/mol. The molecule has 0 amide bonds. The highest BCUT2D eigenvalue weighted by molar-refractivity contribution is 7.80. The Morgan fingerprint density at radius 2 is 1.59 bits per heavy atom. The number of rotatable bonds is 5. The van der Waals surface area contributed by atoms with E-state index < -0.39 is 17.9 Å². The van der Waals surface area contributed by atoms with Crippen LogP contribution >= 0.6 is 23.6 Å². The van der Waals surface area contributed by atoms with Gasteiger partial charge in [0.2, 0.25) is 0 Å². The summed E-state index contributed by atoms with van der Waals surface area (Å²) < 4.78 is 14.6. The second-order valence-electron chi connectivity index (χ2n) is 7.08. The third kappa shape index (κ3) is 5.08. The van der Waals surface area contributed by atoms with Gasteiger partial charge in [0.1, 0.15) is 5.00 Å². The highest BCUT2D eigenvalue weighted by atomic mass is 32.1. The first-order valence-corrected chi connectivity index (χ1v) is 11.2. The first-order valence-electron chi connectivity index (χ1n) is 10.0. The number of anilines is 2. The van der Waals surface area contributed by atoms with Gasteiger partial charge in [0, 0.05) is 4.88 Å². The zero-order valence-electron chi connectivity index (χ0n) is 18.0. The number of hydrogen-bond donors (Lipinski definition) is 2. The summed E-state index contributed by atoms with van der Waals surface area (Å²) in [6, 6.07) is 4.37. The largest absolute Gasteiger partial charge is 0.465 e. The molecule has 0 fully saturated rings. The Kier molecular flexibility index (Phi) is 7.81. The van der Waals surface area contributed by atoms with Crippen LogP contribution in [0, 0.1) is 0 Å². The van der Waals surface area contributed by atoms with Crippen LogP contribution in [0.3, 0.4) is 0 Å². The van der Waals surface area contributed by atoms with E-state index in [1.807, 2.05) is 0 Å². The normalized spacial score (nSPS) is 12.7. The van der Waals surface area contributed by atoms with Gasteiger partial charge in [0.05, 0.1) is 43.7 Å². The maximum Gasteiger partial charge on any atom is 0.341 e. The molecular weight excluding hydrogens is 452 g/mol. The monoisotopic (exact) mass is 476 g/mol. The standard InChI is InChI=1S/C22H24N2O6S2/c1-28-19(25)12-9-10-13(20(26)29-2)15(11-12)23-22(31)24-18-17(21(27)30-3)14-7-5-4-6-8-16(14)32-18/h9-11H,4-8H2,1-3H3,(H2,23,24,31). The van der Waals surface area contributed by atoms with E-state index in [0.29, 0.717) is 10.6 Å². The van der Waals surface area contributed by atoms with Gasteiger partial charge in [0.25, 0.3) is 0 Å². The van der Waals surface area contributed by atoms with Gasteiger partial charge in [-0.15, -0.1) is 11.3 Å². The molecule has 0 spiro atoms. The molecule has 170 valence electrons. The Morgan fingerprint density at radius 1 is 0.906 bits per heavy atom. The van der Waals surface area contributed by atoms with Crippen LogP contribution in [0.2, 0.25) is 0 Å². The topological polar surface area (TPSA) is 103 Å². The second-order valence-corrected chi connectivity index (χ2v) is 8.60. The number of carbonyl (C=O) groups excluding carboxylic acids is 3. The minimum Gasteiger partial charge on any atom is -0.465 e. The molecule has 1 aliphatic carbocycles. The summed E-state index contributed by atoms with van der Waals surface area (Å²) in [5.41, 5.74) is 2.21. The molecule has 8 nitrogen and oxygen atoms in total.